The average molecular weight is 582 g/mol. The van der Waals surface area contributed by atoms with Crippen LogP contribution in [0, 0.1) is 32.1 Å². The molecular formula is C33H29BrN2O3. The van der Waals surface area contributed by atoms with Crippen LogP contribution in [0.1, 0.15) is 33.4 Å². The van der Waals surface area contributed by atoms with Crippen molar-refractivity contribution in [2.75, 3.05) is 5.32 Å². The second kappa shape index (κ2) is 12.9. The fraction of sp³-hybridized carbons (Fsp3) is 0.152. The molecule has 5 nitrogen and oxygen atoms in total. The first kappa shape index (κ1) is 27.7. The molecule has 6 heteroatoms. The van der Waals surface area contributed by atoms with Crippen LogP contribution in [0.15, 0.2) is 95.0 Å². The molecule has 0 aliphatic carbocycles. The molecule has 1 N–H and O–H groups in total. The number of ether oxygens (including phenoxy) is 2. The summed E-state index contributed by atoms with van der Waals surface area (Å²) >= 11 is 3.54. The van der Waals surface area contributed by atoms with Gasteiger partial charge in [0.15, 0.2) is 0 Å². The van der Waals surface area contributed by atoms with Crippen molar-refractivity contribution in [1.29, 1.82) is 5.26 Å². The van der Waals surface area contributed by atoms with E-state index in [0.29, 0.717) is 36.0 Å². The fourth-order valence-electron chi connectivity index (χ4n) is 3.78. The number of rotatable bonds is 9. The van der Waals surface area contributed by atoms with E-state index in [1.165, 1.54) is 16.7 Å². The SMILES string of the molecule is Cc1ccc(COc2ccc(NC(=O)/C(C#N)=C/c3ccc(OCc4ccc(C)c(C)c4)c(Br)c3)cc2)cc1. The highest BCUT2D eigenvalue weighted by Crippen LogP contribution is 2.28. The summed E-state index contributed by atoms with van der Waals surface area (Å²) in [5.74, 6) is 0.879. The number of nitriles is 1. The Morgan fingerprint density at radius 3 is 2.21 bits per heavy atom. The van der Waals surface area contributed by atoms with Gasteiger partial charge in [0.05, 0.1) is 4.47 Å². The molecule has 0 aliphatic heterocycles. The van der Waals surface area contributed by atoms with Crippen LogP contribution in [-0.2, 0) is 18.0 Å². The third-order valence-electron chi connectivity index (χ3n) is 6.24. The highest BCUT2D eigenvalue weighted by molar-refractivity contribution is 9.10. The van der Waals surface area contributed by atoms with Gasteiger partial charge in [0.1, 0.15) is 36.4 Å². The molecule has 4 aromatic rings. The van der Waals surface area contributed by atoms with Gasteiger partial charge in [0, 0.05) is 5.69 Å². The summed E-state index contributed by atoms with van der Waals surface area (Å²) in [5, 5.41) is 12.4. The van der Waals surface area contributed by atoms with Crippen molar-refractivity contribution in [2.45, 2.75) is 34.0 Å². The van der Waals surface area contributed by atoms with Gasteiger partial charge in [0.2, 0.25) is 0 Å². The number of hydrogen-bond acceptors (Lipinski definition) is 4. The predicted molar refractivity (Wildman–Crippen MR) is 159 cm³/mol. The van der Waals surface area contributed by atoms with E-state index in [4.69, 9.17) is 9.47 Å². The summed E-state index contributed by atoms with van der Waals surface area (Å²) < 4.78 is 12.5. The first-order valence-corrected chi connectivity index (χ1v) is 13.3. The van der Waals surface area contributed by atoms with Gasteiger partial charge in [-0.05, 0) is 107 Å². The molecule has 0 bridgehead atoms. The number of nitrogens with one attached hydrogen (secondary N) is 1. The summed E-state index contributed by atoms with van der Waals surface area (Å²) in [4.78, 5) is 12.8. The summed E-state index contributed by atoms with van der Waals surface area (Å²) in [6.07, 6.45) is 1.55. The Morgan fingerprint density at radius 2 is 1.54 bits per heavy atom. The van der Waals surface area contributed by atoms with Crippen LogP contribution in [0.3, 0.4) is 0 Å². The Kier molecular flexibility index (Phi) is 9.19. The maximum atomic E-state index is 12.8. The zero-order valence-electron chi connectivity index (χ0n) is 22.1. The van der Waals surface area contributed by atoms with Crippen molar-refractivity contribution in [3.05, 3.63) is 128 Å². The molecule has 0 aromatic heterocycles. The Labute approximate surface area is 237 Å². The van der Waals surface area contributed by atoms with Crippen LogP contribution < -0.4 is 14.8 Å². The minimum atomic E-state index is -0.489. The second-order valence-corrected chi connectivity index (χ2v) is 10.2. The van der Waals surface area contributed by atoms with E-state index in [9.17, 15) is 10.1 Å². The largest absolute Gasteiger partial charge is 0.489 e. The normalized spacial score (nSPS) is 11.0. The molecule has 4 rings (SSSR count). The van der Waals surface area contributed by atoms with Crippen LogP contribution >= 0.6 is 15.9 Å². The van der Waals surface area contributed by atoms with E-state index in [2.05, 4.69) is 53.3 Å². The van der Waals surface area contributed by atoms with Crippen molar-refractivity contribution in [3.8, 4) is 17.6 Å². The van der Waals surface area contributed by atoms with Gasteiger partial charge in [-0.3, -0.25) is 4.79 Å². The molecule has 0 atom stereocenters. The van der Waals surface area contributed by atoms with Gasteiger partial charge in [-0.1, -0.05) is 54.1 Å². The number of halogens is 1. The number of anilines is 1. The lowest BCUT2D eigenvalue weighted by Crippen LogP contribution is -2.13. The molecule has 0 saturated carbocycles. The third kappa shape index (κ3) is 7.83. The average Bonchev–Trinajstić information content (AvgIpc) is 2.93. The predicted octanol–water partition coefficient (Wildman–Crippen LogP) is 8.08. The number of nitrogens with zero attached hydrogens (tertiary/aromatic N) is 1. The first-order chi connectivity index (χ1) is 18.8. The summed E-state index contributed by atoms with van der Waals surface area (Å²) in [7, 11) is 0. The molecule has 1 amide bonds. The molecule has 4 aromatic carbocycles. The van der Waals surface area contributed by atoms with Crippen molar-refractivity contribution in [3.63, 3.8) is 0 Å². The maximum absolute atomic E-state index is 12.8. The molecule has 196 valence electrons. The summed E-state index contributed by atoms with van der Waals surface area (Å²) in [6, 6.07) is 28.9. The lowest BCUT2D eigenvalue weighted by molar-refractivity contribution is -0.112. The van der Waals surface area contributed by atoms with E-state index in [1.807, 2.05) is 55.5 Å². The summed E-state index contributed by atoms with van der Waals surface area (Å²) in [5.41, 5.74) is 7.09. The number of carbonyl (C=O) groups is 1. The van der Waals surface area contributed by atoms with Crippen LogP contribution in [0.25, 0.3) is 6.08 Å². The van der Waals surface area contributed by atoms with Crippen LogP contribution in [0.5, 0.6) is 11.5 Å². The van der Waals surface area contributed by atoms with Gasteiger partial charge < -0.3 is 14.8 Å². The van der Waals surface area contributed by atoms with E-state index < -0.39 is 5.91 Å². The standard InChI is InChI=1S/C33H29BrN2O3/c1-22-4-7-25(8-5-22)20-38-30-13-11-29(12-14-30)36-33(37)28(19-35)17-26-10-15-32(31(34)18-26)39-21-27-9-6-23(2)24(3)16-27/h4-18H,20-21H2,1-3H3,(H,36,37)/b28-17+. The van der Waals surface area contributed by atoms with Crippen molar-refractivity contribution in [2.24, 2.45) is 0 Å². The lowest BCUT2D eigenvalue weighted by Gasteiger charge is -2.11. The first-order valence-electron chi connectivity index (χ1n) is 12.5. The molecule has 0 saturated heterocycles. The minimum Gasteiger partial charge on any atom is -0.489 e. The smallest absolute Gasteiger partial charge is 0.266 e. The molecule has 0 unspecified atom stereocenters. The molecule has 0 fully saturated rings. The lowest BCUT2D eigenvalue weighted by atomic mass is 10.1. The van der Waals surface area contributed by atoms with E-state index in [-0.39, 0.29) is 5.57 Å². The van der Waals surface area contributed by atoms with Gasteiger partial charge in [-0.2, -0.15) is 5.26 Å². The maximum Gasteiger partial charge on any atom is 0.266 e. The van der Waals surface area contributed by atoms with Crippen LogP contribution in [0.4, 0.5) is 5.69 Å². The van der Waals surface area contributed by atoms with Gasteiger partial charge in [0.25, 0.3) is 5.91 Å². The Morgan fingerprint density at radius 1 is 0.846 bits per heavy atom. The number of aryl methyl sites for hydroxylation is 3. The molecule has 0 spiro atoms. The zero-order chi connectivity index (χ0) is 27.8. The minimum absolute atomic E-state index is 0.00889. The Bertz CT molecular complexity index is 1540. The topological polar surface area (TPSA) is 71.3 Å². The van der Waals surface area contributed by atoms with Crippen LogP contribution in [-0.4, -0.2) is 5.91 Å². The van der Waals surface area contributed by atoms with E-state index in [1.54, 1.807) is 30.3 Å². The molecule has 0 heterocycles. The Balaban J connectivity index is 1.35. The highest BCUT2D eigenvalue weighted by Gasteiger charge is 2.11. The number of carbonyl (C=O) groups excluding carboxylic acids is 1. The van der Waals surface area contributed by atoms with Crippen molar-refractivity contribution in [1.82, 2.24) is 0 Å². The highest BCUT2D eigenvalue weighted by atomic mass is 79.9. The number of benzene rings is 4. The van der Waals surface area contributed by atoms with E-state index >= 15 is 0 Å². The van der Waals surface area contributed by atoms with Crippen molar-refractivity contribution < 1.29 is 14.3 Å². The van der Waals surface area contributed by atoms with Crippen LogP contribution in [0.2, 0.25) is 0 Å². The van der Waals surface area contributed by atoms with Gasteiger partial charge in [-0.15, -0.1) is 0 Å². The third-order valence-corrected chi connectivity index (χ3v) is 6.86. The second-order valence-electron chi connectivity index (χ2n) is 9.32. The van der Waals surface area contributed by atoms with Gasteiger partial charge in [-0.25, -0.2) is 0 Å². The van der Waals surface area contributed by atoms with E-state index in [0.717, 1.165) is 15.6 Å². The zero-order valence-corrected chi connectivity index (χ0v) is 23.7. The molecular weight excluding hydrogens is 552 g/mol. The summed E-state index contributed by atoms with van der Waals surface area (Å²) in [6.45, 7) is 7.10. The van der Waals surface area contributed by atoms with Crippen molar-refractivity contribution >= 4 is 33.6 Å². The molecule has 0 radical (unpaired) electrons. The number of amides is 1. The molecule has 39 heavy (non-hydrogen) atoms. The Hall–Kier alpha value is -4.34. The fourth-order valence-corrected chi connectivity index (χ4v) is 4.29. The van der Waals surface area contributed by atoms with Gasteiger partial charge >= 0.3 is 0 Å². The quantitative estimate of drug-likeness (QED) is 0.160. The monoisotopic (exact) mass is 580 g/mol. The number of hydrogen-bond donors (Lipinski definition) is 1. The molecule has 0 aliphatic rings.